The second kappa shape index (κ2) is 6.61. The van der Waals surface area contributed by atoms with E-state index in [0.29, 0.717) is 32.6 Å². The molecule has 1 heterocycles. The molecule has 1 aliphatic heterocycles. The summed E-state index contributed by atoms with van der Waals surface area (Å²) in [5.41, 5.74) is 3.15. The number of ether oxygens (including phenoxy) is 1. The zero-order valence-electron chi connectivity index (χ0n) is 12.9. The van der Waals surface area contributed by atoms with E-state index in [-0.39, 0.29) is 5.91 Å². The van der Waals surface area contributed by atoms with Crippen molar-refractivity contribution in [3.8, 4) is 5.75 Å². The third-order valence-corrected chi connectivity index (χ3v) is 3.94. The Hall–Kier alpha value is -2.04. The molecule has 0 atom stereocenters. The van der Waals surface area contributed by atoms with Gasteiger partial charge in [0.25, 0.3) is 0 Å². The number of methoxy groups -OCH3 is 1. The Bertz CT molecular complexity index is 535. The van der Waals surface area contributed by atoms with Crippen molar-refractivity contribution in [2.45, 2.75) is 20.3 Å². The zero-order valence-corrected chi connectivity index (χ0v) is 12.9. The quantitative estimate of drug-likeness (QED) is 0.782. The fourth-order valence-electron chi connectivity index (χ4n) is 2.71. The van der Waals surface area contributed by atoms with Crippen LogP contribution in [0.4, 0.5) is 0 Å². The molecule has 5 nitrogen and oxygen atoms in total. The van der Waals surface area contributed by atoms with E-state index in [1.165, 1.54) is 0 Å². The van der Waals surface area contributed by atoms with Gasteiger partial charge < -0.3 is 14.5 Å². The van der Waals surface area contributed by atoms with Crippen LogP contribution in [0.25, 0.3) is 0 Å². The Labute approximate surface area is 125 Å². The summed E-state index contributed by atoms with van der Waals surface area (Å²) in [6, 6.07) is 4.02. The summed E-state index contributed by atoms with van der Waals surface area (Å²) in [5.74, 6) is 0.859. The van der Waals surface area contributed by atoms with E-state index in [0.717, 1.165) is 28.8 Å². The molecule has 1 fully saturated rings. The predicted octanol–water partition coefficient (Wildman–Crippen LogP) is 1.16. The number of piperazine rings is 1. The Morgan fingerprint density at radius 2 is 1.90 bits per heavy atom. The number of hydrogen-bond acceptors (Lipinski definition) is 3. The highest BCUT2D eigenvalue weighted by molar-refractivity contribution is 5.80. The topological polar surface area (TPSA) is 49.9 Å². The van der Waals surface area contributed by atoms with Crippen molar-refractivity contribution in [3.05, 3.63) is 28.8 Å². The number of amides is 2. The molecule has 0 bridgehead atoms. The highest BCUT2D eigenvalue weighted by atomic mass is 16.5. The van der Waals surface area contributed by atoms with Gasteiger partial charge in [-0.1, -0.05) is 6.07 Å². The van der Waals surface area contributed by atoms with E-state index in [9.17, 15) is 9.59 Å². The summed E-state index contributed by atoms with van der Waals surface area (Å²) < 4.78 is 5.40. The van der Waals surface area contributed by atoms with E-state index in [2.05, 4.69) is 6.07 Å². The molecule has 0 aliphatic carbocycles. The first-order valence-corrected chi connectivity index (χ1v) is 7.16. The van der Waals surface area contributed by atoms with Crippen LogP contribution in [-0.4, -0.2) is 55.4 Å². The van der Waals surface area contributed by atoms with E-state index in [4.69, 9.17) is 4.74 Å². The van der Waals surface area contributed by atoms with Gasteiger partial charge in [0.1, 0.15) is 5.75 Å². The fourth-order valence-corrected chi connectivity index (χ4v) is 2.71. The van der Waals surface area contributed by atoms with Crippen LogP contribution in [0.15, 0.2) is 12.1 Å². The number of benzene rings is 1. The van der Waals surface area contributed by atoms with Gasteiger partial charge >= 0.3 is 0 Å². The molecular weight excluding hydrogens is 268 g/mol. The summed E-state index contributed by atoms with van der Waals surface area (Å²) in [6.45, 7) is 6.44. The molecule has 2 amide bonds. The first kappa shape index (κ1) is 15.4. The van der Waals surface area contributed by atoms with Gasteiger partial charge in [0.15, 0.2) is 0 Å². The van der Waals surface area contributed by atoms with E-state index in [1.807, 2.05) is 24.8 Å². The Balaban J connectivity index is 2.08. The van der Waals surface area contributed by atoms with Crippen LogP contribution in [0, 0.1) is 13.8 Å². The van der Waals surface area contributed by atoms with Gasteiger partial charge in [-0.3, -0.25) is 9.59 Å². The molecule has 0 aromatic heterocycles. The molecule has 1 aliphatic rings. The highest BCUT2D eigenvalue weighted by Crippen LogP contribution is 2.25. The number of carbonyl (C=O) groups excluding carboxylic acids is 2. The van der Waals surface area contributed by atoms with Crippen LogP contribution in [0.3, 0.4) is 0 Å². The van der Waals surface area contributed by atoms with Crippen LogP contribution in [-0.2, 0) is 16.0 Å². The third kappa shape index (κ3) is 3.54. The maximum absolute atomic E-state index is 12.4. The number of aryl methyl sites for hydroxylation is 2. The lowest BCUT2D eigenvalue weighted by molar-refractivity contribution is -0.134. The van der Waals surface area contributed by atoms with Gasteiger partial charge in [0.05, 0.1) is 13.5 Å². The number of hydrogen-bond donors (Lipinski definition) is 0. The first-order valence-electron chi connectivity index (χ1n) is 7.16. The van der Waals surface area contributed by atoms with Crippen LogP contribution < -0.4 is 4.74 Å². The van der Waals surface area contributed by atoms with Crippen LogP contribution >= 0.6 is 0 Å². The molecule has 1 aromatic carbocycles. The van der Waals surface area contributed by atoms with Crippen molar-refractivity contribution in [1.29, 1.82) is 0 Å². The van der Waals surface area contributed by atoms with Crippen molar-refractivity contribution in [3.63, 3.8) is 0 Å². The Morgan fingerprint density at radius 1 is 1.24 bits per heavy atom. The standard InChI is InChI=1S/C16H22N2O3/c1-12-8-13(2)14(15(9-12)21-3)10-16(20)18-6-4-17(11-19)5-7-18/h8-9,11H,4-7,10H2,1-3H3. The third-order valence-electron chi connectivity index (χ3n) is 3.94. The summed E-state index contributed by atoms with van der Waals surface area (Å²) >= 11 is 0. The summed E-state index contributed by atoms with van der Waals surface area (Å²) in [5, 5.41) is 0. The summed E-state index contributed by atoms with van der Waals surface area (Å²) in [6.07, 6.45) is 1.19. The highest BCUT2D eigenvalue weighted by Gasteiger charge is 2.22. The molecule has 1 saturated heterocycles. The lowest BCUT2D eigenvalue weighted by atomic mass is 10.0. The van der Waals surface area contributed by atoms with E-state index < -0.39 is 0 Å². The lowest BCUT2D eigenvalue weighted by Crippen LogP contribution is -2.48. The van der Waals surface area contributed by atoms with Crippen molar-refractivity contribution in [2.24, 2.45) is 0 Å². The Morgan fingerprint density at radius 3 is 2.48 bits per heavy atom. The molecule has 1 aromatic rings. The maximum atomic E-state index is 12.4. The van der Waals surface area contributed by atoms with Crippen molar-refractivity contribution in [1.82, 2.24) is 9.80 Å². The molecule has 0 radical (unpaired) electrons. The Kier molecular flexibility index (Phi) is 4.83. The van der Waals surface area contributed by atoms with Gasteiger partial charge in [-0.05, 0) is 31.0 Å². The molecule has 0 N–H and O–H groups in total. The predicted molar refractivity (Wildman–Crippen MR) is 80.4 cm³/mol. The molecule has 21 heavy (non-hydrogen) atoms. The molecule has 0 spiro atoms. The smallest absolute Gasteiger partial charge is 0.227 e. The van der Waals surface area contributed by atoms with Crippen molar-refractivity contribution >= 4 is 12.3 Å². The van der Waals surface area contributed by atoms with Crippen LogP contribution in [0.5, 0.6) is 5.75 Å². The molecule has 0 unspecified atom stereocenters. The average molecular weight is 290 g/mol. The minimum Gasteiger partial charge on any atom is -0.496 e. The van der Waals surface area contributed by atoms with Crippen LogP contribution in [0.1, 0.15) is 16.7 Å². The molecule has 114 valence electrons. The summed E-state index contributed by atoms with van der Waals surface area (Å²) in [7, 11) is 1.63. The van der Waals surface area contributed by atoms with E-state index >= 15 is 0 Å². The molecular formula is C16H22N2O3. The molecule has 5 heteroatoms. The zero-order chi connectivity index (χ0) is 15.4. The van der Waals surface area contributed by atoms with Crippen LogP contribution in [0.2, 0.25) is 0 Å². The monoisotopic (exact) mass is 290 g/mol. The fraction of sp³-hybridized carbons (Fsp3) is 0.500. The van der Waals surface area contributed by atoms with Gasteiger partial charge in [-0.25, -0.2) is 0 Å². The first-order chi connectivity index (χ1) is 10.0. The van der Waals surface area contributed by atoms with Gasteiger partial charge in [0, 0.05) is 31.7 Å². The SMILES string of the molecule is COc1cc(C)cc(C)c1CC(=O)N1CCN(C=O)CC1. The van der Waals surface area contributed by atoms with E-state index in [1.54, 1.807) is 12.0 Å². The largest absolute Gasteiger partial charge is 0.496 e. The second-order valence-corrected chi connectivity index (χ2v) is 5.46. The van der Waals surface area contributed by atoms with Gasteiger partial charge in [-0.15, -0.1) is 0 Å². The number of rotatable bonds is 4. The van der Waals surface area contributed by atoms with Gasteiger partial charge in [0.2, 0.25) is 12.3 Å². The normalized spacial score (nSPS) is 15.0. The minimum atomic E-state index is 0.0887. The average Bonchev–Trinajstić information content (AvgIpc) is 2.49. The maximum Gasteiger partial charge on any atom is 0.227 e. The lowest BCUT2D eigenvalue weighted by Gasteiger charge is -2.32. The number of carbonyl (C=O) groups is 2. The summed E-state index contributed by atoms with van der Waals surface area (Å²) in [4.78, 5) is 26.6. The number of nitrogens with zero attached hydrogens (tertiary/aromatic N) is 2. The van der Waals surface area contributed by atoms with Crippen molar-refractivity contribution in [2.75, 3.05) is 33.3 Å². The second-order valence-electron chi connectivity index (χ2n) is 5.46. The van der Waals surface area contributed by atoms with Crippen molar-refractivity contribution < 1.29 is 14.3 Å². The van der Waals surface area contributed by atoms with Gasteiger partial charge in [-0.2, -0.15) is 0 Å². The molecule has 0 saturated carbocycles. The molecule has 2 rings (SSSR count). The minimum absolute atomic E-state index is 0.0887.